The monoisotopic (exact) mass is 226 g/mol. The minimum absolute atomic E-state index is 0.0758. The highest BCUT2D eigenvalue weighted by Gasteiger charge is 2.14. The van der Waals surface area contributed by atoms with Crippen LogP contribution in [-0.4, -0.2) is 23.9 Å². The second-order valence-corrected chi connectivity index (χ2v) is 4.10. The summed E-state index contributed by atoms with van der Waals surface area (Å²) in [6.45, 7) is 1.74. The lowest BCUT2D eigenvalue weighted by atomic mass is 10.1. The summed E-state index contributed by atoms with van der Waals surface area (Å²) in [5, 5.41) is 8.66. The van der Waals surface area contributed by atoms with Gasteiger partial charge in [-0.3, -0.25) is 4.79 Å². The van der Waals surface area contributed by atoms with Crippen LogP contribution in [0.1, 0.15) is 24.0 Å². The van der Waals surface area contributed by atoms with Gasteiger partial charge in [-0.15, -0.1) is 0 Å². The molecule has 1 aliphatic heterocycles. The van der Waals surface area contributed by atoms with Crippen molar-refractivity contribution in [3.8, 4) is 6.07 Å². The van der Waals surface area contributed by atoms with Crippen molar-refractivity contribution in [2.75, 3.05) is 13.1 Å². The van der Waals surface area contributed by atoms with Gasteiger partial charge in [0.1, 0.15) is 0 Å². The Balaban J connectivity index is 1.99. The average molecular weight is 226 g/mol. The molecule has 0 aliphatic carbocycles. The van der Waals surface area contributed by atoms with Crippen LogP contribution >= 0.6 is 0 Å². The first-order chi connectivity index (χ1) is 8.29. The lowest BCUT2D eigenvalue weighted by molar-refractivity contribution is -0.124. The molecule has 1 aromatic rings. The molecule has 0 aromatic heterocycles. The molecule has 0 spiro atoms. The third-order valence-electron chi connectivity index (χ3n) is 2.88. The molecule has 1 aromatic carbocycles. The van der Waals surface area contributed by atoms with Gasteiger partial charge in [0.25, 0.3) is 0 Å². The summed E-state index contributed by atoms with van der Waals surface area (Å²) in [7, 11) is 0. The number of amides is 1. The molecule has 86 valence electrons. The zero-order valence-electron chi connectivity index (χ0n) is 9.60. The van der Waals surface area contributed by atoms with E-state index < -0.39 is 0 Å². The minimum Gasteiger partial charge on any atom is -0.339 e. The Bertz CT molecular complexity index is 462. The van der Waals surface area contributed by atoms with E-state index in [4.69, 9.17) is 5.26 Å². The van der Waals surface area contributed by atoms with Gasteiger partial charge in [0.15, 0.2) is 0 Å². The molecular weight excluding hydrogens is 212 g/mol. The molecule has 0 unspecified atom stereocenters. The second-order valence-electron chi connectivity index (χ2n) is 4.10. The molecule has 1 heterocycles. The quantitative estimate of drug-likeness (QED) is 0.725. The summed E-state index contributed by atoms with van der Waals surface area (Å²) in [5.41, 5.74) is 1.57. The number of benzene rings is 1. The highest BCUT2D eigenvalue weighted by molar-refractivity contribution is 5.91. The fourth-order valence-electron chi connectivity index (χ4n) is 1.88. The van der Waals surface area contributed by atoms with Gasteiger partial charge in [-0.1, -0.05) is 12.1 Å². The molecule has 0 saturated carbocycles. The van der Waals surface area contributed by atoms with Crippen LogP contribution in [0.15, 0.2) is 30.3 Å². The van der Waals surface area contributed by atoms with Crippen LogP contribution in [0.25, 0.3) is 6.08 Å². The zero-order valence-corrected chi connectivity index (χ0v) is 9.60. The maximum Gasteiger partial charge on any atom is 0.246 e. The van der Waals surface area contributed by atoms with E-state index in [1.807, 2.05) is 17.0 Å². The maximum absolute atomic E-state index is 11.7. The lowest BCUT2D eigenvalue weighted by Crippen LogP contribution is -2.25. The second kappa shape index (κ2) is 5.31. The molecule has 1 saturated heterocycles. The Labute approximate surface area is 101 Å². The molecule has 0 N–H and O–H groups in total. The Kier molecular flexibility index (Phi) is 3.56. The van der Waals surface area contributed by atoms with Crippen LogP contribution in [0.5, 0.6) is 0 Å². The number of hydrogen-bond acceptors (Lipinski definition) is 2. The highest BCUT2D eigenvalue weighted by Crippen LogP contribution is 2.09. The van der Waals surface area contributed by atoms with Crippen molar-refractivity contribution in [1.82, 2.24) is 4.90 Å². The number of nitrogens with zero attached hydrogens (tertiary/aromatic N) is 2. The topological polar surface area (TPSA) is 44.1 Å². The first-order valence-electron chi connectivity index (χ1n) is 5.77. The van der Waals surface area contributed by atoms with E-state index in [1.54, 1.807) is 24.3 Å². The van der Waals surface area contributed by atoms with Gasteiger partial charge in [0, 0.05) is 19.2 Å². The van der Waals surface area contributed by atoms with E-state index in [0.29, 0.717) is 5.56 Å². The maximum atomic E-state index is 11.7. The van der Waals surface area contributed by atoms with Crippen LogP contribution in [-0.2, 0) is 4.79 Å². The standard InChI is InChI=1S/C14H14N2O/c15-11-13-5-3-12(4-6-13)7-8-14(17)16-9-1-2-10-16/h3-8H,1-2,9-10H2/b8-7+. The van der Waals surface area contributed by atoms with Gasteiger partial charge >= 0.3 is 0 Å². The molecule has 0 radical (unpaired) electrons. The Morgan fingerprint density at radius 2 is 1.88 bits per heavy atom. The first kappa shape index (κ1) is 11.4. The van der Waals surface area contributed by atoms with Crippen molar-refractivity contribution in [3.63, 3.8) is 0 Å². The smallest absolute Gasteiger partial charge is 0.246 e. The fourth-order valence-corrected chi connectivity index (χ4v) is 1.88. The summed E-state index contributed by atoms with van der Waals surface area (Å²) in [6.07, 6.45) is 5.61. The van der Waals surface area contributed by atoms with Gasteiger partial charge in [-0.2, -0.15) is 5.26 Å². The fraction of sp³-hybridized carbons (Fsp3) is 0.286. The number of likely N-dealkylation sites (tertiary alicyclic amines) is 1. The van der Waals surface area contributed by atoms with Gasteiger partial charge in [0.2, 0.25) is 5.91 Å². The van der Waals surface area contributed by atoms with Gasteiger partial charge in [-0.25, -0.2) is 0 Å². The number of nitriles is 1. The van der Waals surface area contributed by atoms with E-state index >= 15 is 0 Å². The van der Waals surface area contributed by atoms with E-state index in [9.17, 15) is 4.79 Å². The summed E-state index contributed by atoms with van der Waals surface area (Å²) >= 11 is 0. The van der Waals surface area contributed by atoms with E-state index in [0.717, 1.165) is 31.5 Å². The summed E-state index contributed by atoms with van der Waals surface area (Å²) in [4.78, 5) is 13.6. The predicted molar refractivity (Wildman–Crippen MR) is 66.0 cm³/mol. The third kappa shape index (κ3) is 2.94. The molecule has 0 atom stereocenters. The summed E-state index contributed by atoms with van der Waals surface area (Å²) < 4.78 is 0. The van der Waals surface area contributed by atoms with Crippen molar-refractivity contribution >= 4 is 12.0 Å². The molecule has 1 fully saturated rings. The molecule has 17 heavy (non-hydrogen) atoms. The van der Waals surface area contributed by atoms with E-state index in [2.05, 4.69) is 6.07 Å². The molecule has 3 heteroatoms. The van der Waals surface area contributed by atoms with Crippen LogP contribution in [0, 0.1) is 11.3 Å². The largest absolute Gasteiger partial charge is 0.339 e. The van der Waals surface area contributed by atoms with Crippen LogP contribution in [0.4, 0.5) is 0 Å². The summed E-state index contributed by atoms with van der Waals surface area (Å²) in [6, 6.07) is 9.24. The SMILES string of the molecule is N#Cc1ccc(/C=C/C(=O)N2CCCC2)cc1. The van der Waals surface area contributed by atoms with Gasteiger partial charge in [0.05, 0.1) is 11.6 Å². The number of carbonyl (C=O) groups excluding carboxylic acids is 1. The predicted octanol–water partition coefficient (Wildman–Crippen LogP) is 2.19. The van der Waals surface area contributed by atoms with Crippen molar-refractivity contribution < 1.29 is 4.79 Å². The van der Waals surface area contributed by atoms with Gasteiger partial charge in [-0.05, 0) is 36.6 Å². The molecule has 2 rings (SSSR count). The lowest BCUT2D eigenvalue weighted by Gasteiger charge is -2.11. The van der Waals surface area contributed by atoms with Gasteiger partial charge < -0.3 is 4.90 Å². The Hall–Kier alpha value is -2.08. The third-order valence-corrected chi connectivity index (χ3v) is 2.88. The highest BCUT2D eigenvalue weighted by atomic mass is 16.2. The molecular formula is C14H14N2O. The zero-order chi connectivity index (χ0) is 12.1. The Morgan fingerprint density at radius 3 is 2.47 bits per heavy atom. The first-order valence-corrected chi connectivity index (χ1v) is 5.77. The van der Waals surface area contributed by atoms with Crippen LogP contribution < -0.4 is 0 Å². The van der Waals surface area contributed by atoms with E-state index in [1.165, 1.54) is 0 Å². The number of carbonyl (C=O) groups is 1. The Morgan fingerprint density at radius 1 is 1.24 bits per heavy atom. The molecule has 1 aliphatic rings. The number of rotatable bonds is 2. The van der Waals surface area contributed by atoms with Crippen molar-refractivity contribution in [1.29, 1.82) is 5.26 Å². The average Bonchev–Trinajstić information content (AvgIpc) is 2.90. The molecule has 3 nitrogen and oxygen atoms in total. The van der Waals surface area contributed by atoms with Crippen molar-refractivity contribution in [2.45, 2.75) is 12.8 Å². The summed E-state index contributed by atoms with van der Waals surface area (Å²) in [5.74, 6) is 0.0758. The van der Waals surface area contributed by atoms with Crippen molar-refractivity contribution in [3.05, 3.63) is 41.5 Å². The molecule has 0 bridgehead atoms. The van der Waals surface area contributed by atoms with Crippen LogP contribution in [0.3, 0.4) is 0 Å². The van der Waals surface area contributed by atoms with E-state index in [-0.39, 0.29) is 5.91 Å². The normalized spacial score (nSPS) is 15.1. The van der Waals surface area contributed by atoms with Crippen molar-refractivity contribution in [2.24, 2.45) is 0 Å². The molecule has 1 amide bonds. The minimum atomic E-state index is 0.0758. The number of hydrogen-bond donors (Lipinski definition) is 0. The van der Waals surface area contributed by atoms with Crippen LogP contribution in [0.2, 0.25) is 0 Å².